The quantitative estimate of drug-likeness (QED) is 0.736. The number of Topliss-reactive ketones (excluding diaryl/α,β-unsaturated/α-hetero) is 1. The van der Waals surface area contributed by atoms with E-state index in [4.69, 9.17) is 4.74 Å². The number of nitrogens with zero attached hydrogens (tertiary/aromatic N) is 1. The summed E-state index contributed by atoms with van der Waals surface area (Å²) in [6, 6.07) is 5.29. The van der Waals surface area contributed by atoms with Crippen LogP contribution in [0.3, 0.4) is 0 Å². The van der Waals surface area contributed by atoms with E-state index in [1.807, 2.05) is 0 Å². The molecule has 7 nitrogen and oxygen atoms in total. The Hall–Kier alpha value is -1.77. The van der Waals surface area contributed by atoms with Gasteiger partial charge >= 0.3 is 5.97 Å². The number of morpholine rings is 1. The van der Waals surface area contributed by atoms with Crippen molar-refractivity contribution in [3.8, 4) is 0 Å². The highest BCUT2D eigenvalue weighted by Crippen LogP contribution is 2.31. The van der Waals surface area contributed by atoms with Gasteiger partial charge in [0.2, 0.25) is 10.0 Å². The Kier molecular flexibility index (Phi) is 5.74. The van der Waals surface area contributed by atoms with Gasteiger partial charge in [0.1, 0.15) is 5.78 Å². The van der Waals surface area contributed by atoms with E-state index < -0.39 is 22.0 Å². The summed E-state index contributed by atoms with van der Waals surface area (Å²) in [5.74, 6) is -0.819. The molecule has 1 aliphatic carbocycles. The lowest BCUT2D eigenvalue weighted by Gasteiger charge is -2.39. The van der Waals surface area contributed by atoms with Gasteiger partial charge in [-0.25, -0.2) is 13.2 Å². The number of sulfonamides is 1. The molecule has 0 unspecified atom stereocenters. The van der Waals surface area contributed by atoms with Gasteiger partial charge in [-0.3, -0.25) is 4.79 Å². The van der Waals surface area contributed by atoms with E-state index in [2.05, 4.69) is 4.74 Å². The summed E-state index contributed by atoms with van der Waals surface area (Å²) in [7, 11) is -2.61. The van der Waals surface area contributed by atoms with Gasteiger partial charge in [-0.1, -0.05) is 12.5 Å². The molecular weight excluding hydrogens is 358 g/mol. The molecule has 1 aliphatic heterocycles. The van der Waals surface area contributed by atoms with Crippen molar-refractivity contribution in [1.82, 2.24) is 4.31 Å². The fourth-order valence-corrected chi connectivity index (χ4v) is 5.35. The number of rotatable bonds is 4. The summed E-state index contributed by atoms with van der Waals surface area (Å²) in [6.45, 7) is 0.693. The molecule has 0 amide bonds. The summed E-state index contributed by atoms with van der Waals surface area (Å²) < 4.78 is 38.0. The SMILES string of the molecule is COC(=O)c1cccc(S(=O)(=O)N2CCOC[C@H]2[C@@H]2CCCCC2=O)c1. The molecule has 8 heteroatoms. The lowest BCUT2D eigenvalue weighted by Crippen LogP contribution is -2.54. The predicted molar refractivity (Wildman–Crippen MR) is 93.2 cm³/mol. The number of ketones is 1. The molecule has 0 N–H and O–H groups in total. The first kappa shape index (κ1) is 19.0. The average molecular weight is 381 g/mol. The van der Waals surface area contributed by atoms with Crippen molar-refractivity contribution in [2.75, 3.05) is 26.9 Å². The molecule has 26 heavy (non-hydrogen) atoms. The Morgan fingerprint density at radius 1 is 1.31 bits per heavy atom. The van der Waals surface area contributed by atoms with E-state index in [1.165, 1.54) is 35.7 Å². The molecule has 1 aromatic carbocycles. The van der Waals surface area contributed by atoms with Crippen LogP contribution < -0.4 is 0 Å². The molecule has 0 radical (unpaired) electrons. The first-order valence-electron chi connectivity index (χ1n) is 8.76. The third kappa shape index (κ3) is 3.67. The molecule has 2 atom stereocenters. The number of hydrogen-bond donors (Lipinski definition) is 0. The van der Waals surface area contributed by atoms with Crippen LogP contribution in [-0.2, 0) is 24.3 Å². The van der Waals surface area contributed by atoms with Crippen LogP contribution in [0.4, 0.5) is 0 Å². The highest BCUT2D eigenvalue weighted by atomic mass is 32.2. The zero-order valence-electron chi connectivity index (χ0n) is 14.7. The maximum absolute atomic E-state index is 13.2. The lowest BCUT2D eigenvalue weighted by molar-refractivity contribution is -0.128. The molecule has 1 aromatic rings. The summed E-state index contributed by atoms with van der Waals surface area (Å²) >= 11 is 0. The van der Waals surface area contributed by atoms with E-state index in [0.717, 1.165) is 12.8 Å². The molecule has 3 rings (SSSR count). The van der Waals surface area contributed by atoms with E-state index in [9.17, 15) is 18.0 Å². The summed E-state index contributed by atoms with van der Waals surface area (Å²) in [4.78, 5) is 24.1. The normalized spacial score (nSPS) is 25.0. The highest BCUT2D eigenvalue weighted by Gasteiger charge is 2.41. The number of methoxy groups -OCH3 is 1. The van der Waals surface area contributed by atoms with Crippen LogP contribution in [-0.4, -0.2) is 57.4 Å². The second kappa shape index (κ2) is 7.85. The predicted octanol–water partition coefficient (Wildman–Crippen LogP) is 1.62. The van der Waals surface area contributed by atoms with Crippen LogP contribution in [0.1, 0.15) is 36.0 Å². The van der Waals surface area contributed by atoms with Crippen molar-refractivity contribution < 1.29 is 27.5 Å². The highest BCUT2D eigenvalue weighted by molar-refractivity contribution is 7.89. The summed E-state index contributed by atoms with van der Waals surface area (Å²) in [5, 5.41) is 0. The molecule has 0 spiro atoms. The summed E-state index contributed by atoms with van der Waals surface area (Å²) in [5.41, 5.74) is 0.173. The fraction of sp³-hybridized carbons (Fsp3) is 0.556. The Bertz CT molecular complexity index is 791. The van der Waals surface area contributed by atoms with Crippen LogP contribution in [0, 0.1) is 5.92 Å². The molecule has 1 heterocycles. The Balaban J connectivity index is 1.93. The molecule has 142 valence electrons. The third-order valence-electron chi connectivity index (χ3n) is 5.04. The van der Waals surface area contributed by atoms with Crippen LogP contribution in [0.15, 0.2) is 29.2 Å². The van der Waals surface area contributed by atoms with Gasteiger partial charge in [-0.2, -0.15) is 4.31 Å². The first-order chi connectivity index (χ1) is 12.4. The lowest BCUT2D eigenvalue weighted by atomic mass is 9.82. The largest absolute Gasteiger partial charge is 0.465 e. The maximum Gasteiger partial charge on any atom is 0.337 e. The summed E-state index contributed by atoms with van der Waals surface area (Å²) in [6.07, 6.45) is 2.95. The van der Waals surface area contributed by atoms with Crippen LogP contribution >= 0.6 is 0 Å². The maximum atomic E-state index is 13.2. The topological polar surface area (TPSA) is 90.0 Å². The van der Waals surface area contributed by atoms with Gasteiger partial charge in [0, 0.05) is 18.9 Å². The van der Waals surface area contributed by atoms with Gasteiger partial charge in [-0.05, 0) is 31.0 Å². The van der Waals surface area contributed by atoms with Crippen molar-refractivity contribution in [3.05, 3.63) is 29.8 Å². The van der Waals surface area contributed by atoms with Gasteiger partial charge in [0.25, 0.3) is 0 Å². The number of carbonyl (C=O) groups excluding carboxylic acids is 2. The molecule has 0 bridgehead atoms. The van der Waals surface area contributed by atoms with E-state index in [-0.39, 0.29) is 41.9 Å². The number of benzene rings is 1. The Morgan fingerprint density at radius 2 is 2.12 bits per heavy atom. The minimum Gasteiger partial charge on any atom is -0.465 e. The van der Waals surface area contributed by atoms with Gasteiger partial charge in [0.15, 0.2) is 0 Å². The average Bonchev–Trinajstić information content (AvgIpc) is 2.68. The zero-order valence-corrected chi connectivity index (χ0v) is 15.5. The minimum atomic E-state index is -3.85. The Morgan fingerprint density at radius 3 is 2.85 bits per heavy atom. The van der Waals surface area contributed by atoms with E-state index >= 15 is 0 Å². The molecule has 1 saturated carbocycles. The number of hydrogen-bond acceptors (Lipinski definition) is 6. The second-order valence-corrected chi connectivity index (χ2v) is 8.49. The first-order valence-corrected chi connectivity index (χ1v) is 10.2. The number of carbonyl (C=O) groups is 2. The van der Waals surface area contributed by atoms with Crippen LogP contribution in [0.2, 0.25) is 0 Å². The van der Waals surface area contributed by atoms with Crippen molar-refractivity contribution in [2.24, 2.45) is 5.92 Å². The number of esters is 1. The van der Waals surface area contributed by atoms with Crippen LogP contribution in [0.5, 0.6) is 0 Å². The zero-order chi connectivity index (χ0) is 18.7. The van der Waals surface area contributed by atoms with E-state index in [1.54, 1.807) is 0 Å². The van der Waals surface area contributed by atoms with Gasteiger partial charge in [0.05, 0.1) is 36.8 Å². The second-order valence-electron chi connectivity index (χ2n) is 6.60. The van der Waals surface area contributed by atoms with Crippen molar-refractivity contribution >= 4 is 21.8 Å². The van der Waals surface area contributed by atoms with Crippen molar-refractivity contribution in [2.45, 2.75) is 36.6 Å². The van der Waals surface area contributed by atoms with Gasteiger partial charge in [-0.15, -0.1) is 0 Å². The molecule has 0 aromatic heterocycles. The smallest absolute Gasteiger partial charge is 0.337 e. The number of ether oxygens (including phenoxy) is 2. The standard InChI is InChI=1S/C18H23NO6S/c1-24-18(21)13-5-4-6-14(11-13)26(22,23)19-9-10-25-12-16(19)15-7-2-3-8-17(15)20/h4-6,11,15-16H,2-3,7-10,12H2,1H3/t15-,16-/m0/s1. The van der Waals surface area contributed by atoms with Crippen molar-refractivity contribution in [1.29, 1.82) is 0 Å². The molecular formula is C18H23NO6S. The van der Waals surface area contributed by atoms with Gasteiger partial charge < -0.3 is 9.47 Å². The van der Waals surface area contributed by atoms with Crippen molar-refractivity contribution in [3.63, 3.8) is 0 Å². The minimum absolute atomic E-state index is 0.0237. The van der Waals surface area contributed by atoms with E-state index in [0.29, 0.717) is 12.8 Å². The van der Waals surface area contributed by atoms with Crippen LogP contribution in [0.25, 0.3) is 0 Å². The molecule has 1 saturated heterocycles. The Labute approximate surface area is 153 Å². The molecule has 2 aliphatic rings. The fourth-order valence-electron chi connectivity index (χ4n) is 3.68. The third-order valence-corrected chi connectivity index (χ3v) is 6.96. The molecule has 2 fully saturated rings. The monoisotopic (exact) mass is 381 g/mol.